The minimum absolute atomic E-state index is 0.143. The first-order chi connectivity index (χ1) is 10.9. The molecule has 1 aromatic heterocycles. The van der Waals surface area contributed by atoms with E-state index in [1.165, 1.54) is 23.9 Å². The van der Waals surface area contributed by atoms with Gasteiger partial charge < -0.3 is 5.11 Å². The van der Waals surface area contributed by atoms with Crippen LogP contribution in [0, 0.1) is 18.7 Å². The lowest BCUT2D eigenvalue weighted by Gasteiger charge is -2.11. The number of carboxylic acid groups (broad SMARTS) is 1. The van der Waals surface area contributed by atoms with Gasteiger partial charge in [-0.15, -0.1) is 11.8 Å². The number of hydrogen-bond acceptors (Lipinski definition) is 4. The van der Waals surface area contributed by atoms with Gasteiger partial charge in [-0.3, -0.25) is 0 Å². The summed E-state index contributed by atoms with van der Waals surface area (Å²) in [6, 6.07) is 5.86. The number of benzene rings is 1. The van der Waals surface area contributed by atoms with Crippen molar-refractivity contribution in [1.29, 1.82) is 0 Å². The first-order valence-corrected chi connectivity index (χ1v) is 8.37. The Balaban J connectivity index is 2.40. The molecule has 1 heterocycles. The van der Waals surface area contributed by atoms with Gasteiger partial charge in [0, 0.05) is 5.56 Å². The molecule has 0 fully saturated rings. The number of nitrogens with zero attached hydrogens (tertiary/aromatic N) is 2. The van der Waals surface area contributed by atoms with Gasteiger partial charge in [-0.25, -0.2) is 19.2 Å². The Morgan fingerprint density at radius 2 is 1.91 bits per heavy atom. The van der Waals surface area contributed by atoms with E-state index in [1.807, 2.05) is 0 Å². The molecule has 0 saturated carbocycles. The number of rotatable bonds is 6. The van der Waals surface area contributed by atoms with Gasteiger partial charge in [0.2, 0.25) is 0 Å². The molecule has 4 nitrogen and oxygen atoms in total. The van der Waals surface area contributed by atoms with Gasteiger partial charge in [0.15, 0.2) is 5.82 Å². The lowest BCUT2D eigenvalue weighted by atomic mass is 10.2. The summed E-state index contributed by atoms with van der Waals surface area (Å²) >= 11 is 1.42. The molecule has 0 aliphatic heterocycles. The van der Waals surface area contributed by atoms with Crippen LogP contribution in [0.2, 0.25) is 0 Å². The molecule has 2 rings (SSSR count). The number of carboxylic acids is 1. The Bertz CT molecular complexity index is 702. The van der Waals surface area contributed by atoms with E-state index in [-0.39, 0.29) is 11.4 Å². The largest absolute Gasteiger partial charge is 0.478 e. The third-order valence-corrected chi connectivity index (χ3v) is 4.32. The second-order valence-electron chi connectivity index (χ2n) is 5.66. The zero-order valence-electron chi connectivity index (χ0n) is 13.3. The predicted octanol–water partition coefficient (Wildman–Crippen LogP) is 4.43. The Morgan fingerprint density at radius 1 is 1.26 bits per heavy atom. The summed E-state index contributed by atoms with van der Waals surface area (Å²) in [5.41, 5.74) is 1.22. The molecular formula is C17H19FN2O2S. The second kappa shape index (κ2) is 7.55. The first-order valence-electron chi connectivity index (χ1n) is 7.39. The summed E-state index contributed by atoms with van der Waals surface area (Å²) in [7, 11) is 0. The number of carbonyl (C=O) groups is 1. The van der Waals surface area contributed by atoms with Crippen LogP contribution in [-0.2, 0) is 0 Å². The highest BCUT2D eigenvalue weighted by Crippen LogP contribution is 2.27. The molecular weight excluding hydrogens is 315 g/mol. The Morgan fingerprint density at radius 3 is 2.48 bits per heavy atom. The molecule has 122 valence electrons. The molecule has 0 atom stereocenters. The minimum atomic E-state index is -1.03. The maximum absolute atomic E-state index is 13.1. The average Bonchev–Trinajstić information content (AvgIpc) is 2.46. The number of aryl methyl sites for hydroxylation is 1. The number of aromatic carboxylic acids is 1. The van der Waals surface area contributed by atoms with Crippen molar-refractivity contribution in [1.82, 2.24) is 9.97 Å². The summed E-state index contributed by atoms with van der Waals surface area (Å²) in [5.74, 6) is 0.381. The van der Waals surface area contributed by atoms with Crippen molar-refractivity contribution in [2.24, 2.45) is 5.92 Å². The highest BCUT2D eigenvalue weighted by atomic mass is 32.2. The van der Waals surface area contributed by atoms with Crippen LogP contribution in [0.1, 0.15) is 36.3 Å². The van der Waals surface area contributed by atoms with E-state index in [9.17, 15) is 14.3 Å². The van der Waals surface area contributed by atoms with Crippen molar-refractivity contribution in [2.75, 3.05) is 5.75 Å². The Hall–Kier alpha value is -1.95. The summed E-state index contributed by atoms with van der Waals surface area (Å²) in [5, 5.41) is 9.87. The van der Waals surface area contributed by atoms with E-state index in [4.69, 9.17) is 0 Å². The highest BCUT2D eigenvalue weighted by molar-refractivity contribution is 7.99. The quantitative estimate of drug-likeness (QED) is 0.625. The summed E-state index contributed by atoms with van der Waals surface area (Å²) in [6.07, 6.45) is 0.971. The van der Waals surface area contributed by atoms with Gasteiger partial charge in [0.1, 0.15) is 16.4 Å². The van der Waals surface area contributed by atoms with E-state index in [2.05, 4.69) is 23.8 Å². The number of hydrogen-bond donors (Lipinski definition) is 1. The molecule has 0 spiro atoms. The number of aromatic nitrogens is 2. The molecule has 0 aliphatic rings. The molecule has 0 amide bonds. The van der Waals surface area contributed by atoms with Crippen LogP contribution < -0.4 is 0 Å². The number of thioether (sulfide) groups is 1. The fourth-order valence-corrected chi connectivity index (χ4v) is 3.33. The van der Waals surface area contributed by atoms with Crippen LogP contribution in [-0.4, -0.2) is 26.8 Å². The molecule has 2 aromatic rings. The molecule has 23 heavy (non-hydrogen) atoms. The van der Waals surface area contributed by atoms with Gasteiger partial charge in [-0.05, 0) is 49.3 Å². The summed E-state index contributed by atoms with van der Waals surface area (Å²) < 4.78 is 13.1. The van der Waals surface area contributed by atoms with Crippen molar-refractivity contribution in [3.8, 4) is 11.4 Å². The number of halogens is 1. The second-order valence-corrected chi connectivity index (χ2v) is 6.74. The molecule has 0 saturated heterocycles. The van der Waals surface area contributed by atoms with Crippen LogP contribution in [0.4, 0.5) is 4.39 Å². The zero-order valence-corrected chi connectivity index (χ0v) is 14.2. The molecule has 0 unspecified atom stereocenters. The fourth-order valence-electron chi connectivity index (χ4n) is 2.02. The van der Waals surface area contributed by atoms with Crippen molar-refractivity contribution < 1.29 is 14.3 Å². The van der Waals surface area contributed by atoms with Crippen LogP contribution in [0.25, 0.3) is 11.4 Å². The third kappa shape index (κ3) is 4.51. The van der Waals surface area contributed by atoms with E-state index in [1.54, 1.807) is 19.1 Å². The molecule has 0 radical (unpaired) electrons. The van der Waals surface area contributed by atoms with Crippen molar-refractivity contribution in [3.05, 3.63) is 41.3 Å². The van der Waals surface area contributed by atoms with Crippen LogP contribution in [0.5, 0.6) is 0 Å². The topological polar surface area (TPSA) is 63.1 Å². The Kier molecular flexibility index (Phi) is 5.71. The summed E-state index contributed by atoms with van der Waals surface area (Å²) in [6.45, 7) is 5.90. The summed E-state index contributed by atoms with van der Waals surface area (Å²) in [4.78, 5) is 20.2. The molecule has 1 N–H and O–H groups in total. The van der Waals surface area contributed by atoms with Crippen LogP contribution >= 0.6 is 11.8 Å². The van der Waals surface area contributed by atoms with E-state index in [0.29, 0.717) is 28.0 Å². The third-order valence-electron chi connectivity index (χ3n) is 3.31. The van der Waals surface area contributed by atoms with Crippen molar-refractivity contribution >= 4 is 17.7 Å². The smallest absolute Gasteiger partial charge is 0.340 e. The maximum atomic E-state index is 13.1. The van der Waals surface area contributed by atoms with E-state index >= 15 is 0 Å². The first kappa shape index (κ1) is 17.4. The maximum Gasteiger partial charge on any atom is 0.340 e. The van der Waals surface area contributed by atoms with Crippen LogP contribution in [0.15, 0.2) is 29.3 Å². The average molecular weight is 334 g/mol. The van der Waals surface area contributed by atoms with Gasteiger partial charge in [0.25, 0.3) is 0 Å². The normalized spacial score (nSPS) is 11.0. The molecule has 0 bridgehead atoms. The lowest BCUT2D eigenvalue weighted by Crippen LogP contribution is -2.08. The zero-order chi connectivity index (χ0) is 17.0. The monoisotopic (exact) mass is 334 g/mol. The fraction of sp³-hybridized carbons (Fsp3) is 0.353. The van der Waals surface area contributed by atoms with Crippen LogP contribution in [0.3, 0.4) is 0 Å². The Labute approximate surface area is 139 Å². The molecule has 0 aliphatic carbocycles. The standard InChI is InChI=1S/C17H19FN2O2S/c1-10(2)8-9-23-16-14(17(21)22)11(3)19-15(20-16)12-4-6-13(18)7-5-12/h4-7,10H,8-9H2,1-3H3,(H,21,22). The predicted molar refractivity (Wildman–Crippen MR) is 89.3 cm³/mol. The van der Waals surface area contributed by atoms with E-state index < -0.39 is 5.97 Å². The molecule has 6 heteroatoms. The van der Waals surface area contributed by atoms with Crippen molar-refractivity contribution in [2.45, 2.75) is 32.2 Å². The van der Waals surface area contributed by atoms with Crippen molar-refractivity contribution in [3.63, 3.8) is 0 Å². The van der Waals surface area contributed by atoms with Gasteiger partial charge in [-0.2, -0.15) is 0 Å². The van der Waals surface area contributed by atoms with Gasteiger partial charge >= 0.3 is 5.97 Å². The van der Waals surface area contributed by atoms with E-state index in [0.717, 1.165) is 12.2 Å². The minimum Gasteiger partial charge on any atom is -0.478 e. The SMILES string of the molecule is Cc1nc(-c2ccc(F)cc2)nc(SCCC(C)C)c1C(=O)O. The highest BCUT2D eigenvalue weighted by Gasteiger charge is 2.19. The van der Waals surface area contributed by atoms with Gasteiger partial charge in [-0.1, -0.05) is 13.8 Å². The van der Waals surface area contributed by atoms with Gasteiger partial charge in [0.05, 0.1) is 5.69 Å². The molecule has 1 aromatic carbocycles. The lowest BCUT2D eigenvalue weighted by molar-refractivity contribution is 0.0691.